The Balaban J connectivity index is 0.00000176. The molecule has 2 N–H and O–H groups in total. The molecule has 3 rings (SSSR count). The van der Waals surface area contributed by atoms with E-state index in [0.717, 1.165) is 18.4 Å². The van der Waals surface area contributed by atoms with E-state index >= 15 is 0 Å². The molecule has 4 nitrogen and oxygen atoms in total. The number of halogens is 2. The second kappa shape index (κ2) is 6.94. The highest BCUT2D eigenvalue weighted by Gasteiger charge is 2.24. The summed E-state index contributed by atoms with van der Waals surface area (Å²) in [5.74, 6) is 0.408. The van der Waals surface area contributed by atoms with Gasteiger partial charge in [-0.2, -0.15) is 0 Å². The molecular formula is C16H18ClFN2O2. The first-order valence-corrected chi connectivity index (χ1v) is 7.04. The minimum absolute atomic E-state index is 0. The number of carbonyl (C=O) groups is 1. The van der Waals surface area contributed by atoms with Gasteiger partial charge in [0.05, 0.1) is 0 Å². The van der Waals surface area contributed by atoms with Gasteiger partial charge in [0.25, 0.3) is 5.91 Å². The SMILES string of the molecule is Cl.NC1CCCN(C(=O)c2ccc(-c3ccc(F)cc3)o2)C1. The Labute approximate surface area is 134 Å². The van der Waals surface area contributed by atoms with Crippen LogP contribution >= 0.6 is 12.4 Å². The molecule has 1 aliphatic rings. The predicted octanol–water partition coefficient (Wildman–Crippen LogP) is 3.07. The lowest BCUT2D eigenvalue weighted by Gasteiger charge is -2.30. The Bertz CT molecular complexity index is 642. The number of hydrogen-bond donors (Lipinski definition) is 1. The standard InChI is InChI=1S/C16H17FN2O2.ClH/c17-12-5-3-11(4-6-12)14-7-8-15(21-14)16(20)19-9-1-2-13(18)10-19;/h3-8,13H,1-2,9-10,18H2;1H. The average molecular weight is 325 g/mol. The monoisotopic (exact) mass is 324 g/mol. The summed E-state index contributed by atoms with van der Waals surface area (Å²) in [6.07, 6.45) is 1.86. The van der Waals surface area contributed by atoms with Crippen LogP contribution in [-0.2, 0) is 0 Å². The maximum atomic E-state index is 12.9. The molecule has 0 spiro atoms. The van der Waals surface area contributed by atoms with Gasteiger partial charge in [-0.15, -0.1) is 12.4 Å². The summed E-state index contributed by atoms with van der Waals surface area (Å²) in [5, 5.41) is 0. The highest BCUT2D eigenvalue weighted by Crippen LogP contribution is 2.23. The van der Waals surface area contributed by atoms with Crippen LogP contribution in [0.5, 0.6) is 0 Å². The Kier molecular flexibility index (Phi) is 5.21. The highest BCUT2D eigenvalue weighted by atomic mass is 35.5. The third kappa shape index (κ3) is 3.48. The van der Waals surface area contributed by atoms with Crippen molar-refractivity contribution in [3.8, 4) is 11.3 Å². The zero-order valence-corrected chi connectivity index (χ0v) is 12.8. The van der Waals surface area contributed by atoms with Gasteiger partial charge >= 0.3 is 0 Å². The number of piperidine rings is 1. The smallest absolute Gasteiger partial charge is 0.289 e. The van der Waals surface area contributed by atoms with Gasteiger partial charge < -0.3 is 15.1 Å². The van der Waals surface area contributed by atoms with Crippen LogP contribution in [-0.4, -0.2) is 29.9 Å². The van der Waals surface area contributed by atoms with E-state index in [1.54, 1.807) is 29.2 Å². The van der Waals surface area contributed by atoms with Crippen LogP contribution in [0.1, 0.15) is 23.4 Å². The molecule has 22 heavy (non-hydrogen) atoms. The minimum atomic E-state index is -0.302. The Morgan fingerprint density at radius 3 is 2.64 bits per heavy atom. The Morgan fingerprint density at radius 2 is 1.95 bits per heavy atom. The first kappa shape index (κ1) is 16.5. The van der Waals surface area contributed by atoms with Crippen LogP contribution in [0.3, 0.4) is 0 Å². The summed E-state index contributed by atoms with van der Waals surface area (Å²) in [5.41, 5.74) is 6.63. The van der Waals surface area contributed by atoms with Crippen molar-refractivity contribution in [3.05, 3.63) is 48.0 Å². The molecular weight excluding hydrogens is 307 g/mol. The quantitative estimate of drug-likeness (QED) is 0.923. The van der Waals surface area contributed by atoms with Crippen molar-refractivity contribution in [2.45, 2.75) is 18.9 Å². The van der Waals surface area contributed by atoms with Crippen molar-refractivity contribution in [1.29, 1.82) is 0 Å². The lowest BCUT2D eigenvalue weighted by Crippen LogP contribution is -2.45. The van der Waals surface area contributed by atoms with Gasteiger partial charge in [-0.1, -0.05) is 0 Å². The van der Waals surface area contributed by atoms with E-state index in [4.69, 9.17) is 10.2 Å². The molecule has 1 fully saturated rings. The van der Waals surface area contributed by atoms with Crippen LogP contribution in [0.4, 0.5) is 4.39 Å². The average Bonchev–Trinajstić information content (AvgIpc) is 2.97. The number of rotatable bonds is 2. The largest absolute Gasteiger partial charge is 0.451 e. The van der Waals surface area contributed by atoms with E-state index in [-0.39, 0.29) is 30.2 Å². The number of nitrogens with two attached hydrogens (primary N) is 1. The van der Waals surface area contributed by atoms with Crippen molar-refractivity contribution in [3.63, 3.8) is 0 Å². The van der Waals surface area contributed by atoms with Crippen molar-refractivity contribution in [2.24, 2.45) is 5.73 Å². The molecule has 2 heterocycles. The fourth-order valence-electron chi connectivity index (χ4n) is 2.57. The summed E-state index contributed by atoms with van der Waals surface area (Å²) in [6, 6.07) is 9.39. The lowest BCUT2D eigenvalue weighted by atomic mass is 10.1. The molecule has 0 radical (unpaired) electrons. The van der Waals surface area contributed by atoms with Gasteiger partial charge in [-0.05, 0) is 49.2 Å². The van der Waals surface area contributed by atoms with Gasteiger partial charge in [0, 0.05) is 24.7 Å². The predicted molar refractivity (Wildman–Crippen MR) is 84.5 cm³/mol. The van der Waals surface area contributed by atoms with E-state index in [1.807, 2.05) is 0 Å². The van der Waals surface area contributed by atoms with Gasteiger partial charge in [0.2, 0.25) is 0 Å². The third-order valence-corrected chi connectivity index (χ3v) is 3.69. The summed E-state index contributed by atoms with van der Waals surface area (Å²) in [7, 11) is 0. The van der Waals surface area contributed by atoms with Crippen LogP contribution < -0.4 is 5.73 Å². The molecule has 0 saturated carbocycles. The third-order valence-electron chi connectivity index (χ3n) is 3.69. The van der Waals surface area contributed by atoms with E-state index in [0.29, 0.717) is 24.6 Å². The molecule has 1 atom stereocenters. The zero-order chi connectivity index (χ0) is 14.8. The summed E-state index contributed by atoms with van der Waals surface area (Å²) >= 11 is 0. The highest BCUT2D eigenvalue weighted by molar-refractivity contribution is 5.92. The van der Waals surface area contributed by atoms with Crippen molar-refractivity contribution in [1.82, 2.24) is 4.90 Å². The molecule has 1 aromatic heterocycles. The Hall–Kier alpha value is -1.85. The van der Waals surface area contributed by atoms with Crippen LogP contribution in [0.15, 0.2) is 40.8 Å². The number of hydrogen-bond acceptors (Lipinski definition) is 3. The molecule has 1 saturated heterocycles. The van der Waals surface area contributed by atoms with E-state index < -0.39 is 0 Å². The van der Waals surface area contributed by atoms with Gasteiger partial charge in [-0.3, -0.25) is 4.79 Å². The van der Waals surface area contributed by atoms with E-state index in [1.165, 1.54) is 12.1 Å². The first-order valence-electron chi connectivity index (χ1n) is 7.04. The molecule has 1 aliphatic heterocycles. The first-order chi connectivity index (χ1) is 10.1. The summed E-state index contributed by atoms with van der Waals surface area (Å²) in [6.45, 7) is 1.27. The maximum Gasteiger partial charge on any atom is 0.289 e. The van der Waals surface area contributed by atoms with Crippen LogP contribution in [0.25, 0.3) is 11.3 Å². The van der Waals surface area contributed by atoms with E-state index in [2.05, 4.69) is 0 Å². The molecule has 0 bridgehead atoms. The maximum absolute atomic E-state index is 12.9. The molecule has 0 aliphatic carbocycles. The molecule has 118 valence electrons. The second-order valence-electron chi connectivity index (χ2n) is 5.32. The number of benzene rings is 1. The summed E-state index contributed by atoms with van der Waals surface area (Å²) in [4.78, 5) is 14.1. The minimum Gasteiger partial charge on any atom is -0.451 e. The topological polar surface area (TPSA) is 59.5 Å². The number of likely N-dealkylation sites (tertiary alicyclic amines) is 1. The zero-order valence-electron chi connectivity index (χ0n) is 12.0. The summed E-state index contributed by atoms with van der Waals surface area (Å²) < 4.78 is 18.5. The number of carbonyl (C=O) groups excluding carboxylic acids is 1. The molecule has 1 unspecified atom stereocenters. The van der Waals surface area contributed by atoms with Crippen molar-refractivity contribution in [2.75, 3.05) is 13.1 Å². The number of amides is 1. The lowest BCUT2D eigenvalue weighted by molar-refractivity contribution is 0.0677. The molecule has 2 aromatic rings. The van der Waals surface area contributed by atoms with Gasteiger partial charge in [0.15, 0.2) is 5.76 Å². The van der Waals surface area contributed by atoms with Crippen LogP contribution in [0.2, 0.25) is 0 Å². The van der Waals surface area contributed by atoms with Crippen LogP contribution in [0, 0.1) is 5.82 Å². The fourth-order valence-corrected chi connectivity index (χ4v) is 2.57. The normalized spacial score (nSPS) is 17.9. The number of nitrogens with zero attached hydrogens (tertiary/aromatic N) is 1. The molecule has 6 heteroatoms. The second-order valence-corrected chi connectivity index (χ2v) is 5.32. The van der Waals surface area contributed by atoms with Crippen molar-refractivity contribution < 1.29 is 13.6 Å². The Morgan fingerprint density at radius 1 is 1.23 bits per heavy atom. The van der Waals surface area contributed by atoms with Gasteiger partial charge in [0.1, 0.15) is 11.6 Å². The van der Waals surface area contributed by atoms with Crippen molar-refractivity contribution >= 4 is 18.3 Å². The fraction of sp³-hybridized carbons (Fsp3) is 0.312. The van der Waals surface area contributed by atoms with E-state index in [9.17, 15) is 9.18 Å². The molecule has 1 amide bonds. The van der Waals surface area contributed by atoms with Gasteiger partial charge in [-0.25, -0.2) is 4.39 Å². The number of furan rings is 1. The molecule has 1 aromatic carbocycles.